The molecule has 0 spiro atoms. The van der Waals surface area contributed by atoms with Crippen LogP contribution in [0.15, 0.2) is 52.9 Å². The lowest BCUT2D eigenvalue weighted by molar-refractivity contribution is 0.477. The first-order valence-electron chi connectivity index (χ1n) is 6.92. The van der Waals surface area contributed by atoms with Gasteiger partial charge in [0.25, 0.3) is 0 Å². The summed E-state index contributed by atoms with van der Waals surface area (Å²) in [5.74, 6) is 1.24. The molecule has 2 N–H and O–H groups in total. The molecule has 4 heteroatoms. The molecule has 0 aliphatic carbocycles. The van der Waals surface area contributed by atoms with Gasteiger partial charge in [0, 0.05) is 13.5 Å². The van der Waals surface area contributed by atoms with Crippen LogP contribution in [0.3, 0.4) is 0 Å². The Morgan fingerprint density at radius 2 is 1.43 bits per heavy atom. The van der Waals surface area contributed by atoms with Gasteiger partial charge in [-0.1, -0.05) is 48.5 Å². The van der Waals surface area contributed by atoms with Crippen LogP contribution in [0.1, 0.15) is 22.9 Å². The van der Waals surface area contributed by atoms with E-state index in [1.807, 2.05) is 0 Å². The minimum Gasteiger partial charge on any atom is -0.425 e. The van der Waals surface area contributed by atoms with E-state index in [4.69, 9.17) is 10.2 Å². The van der Waals surface area contributed by atoms with Gasteiger partial charge in [0.1, 0.15) is 0 Å². The monoisotopic (exact) mass is 279 g/mol. The molecule has 4 nitrogen and oxygen atoms in total. The van der Waals surface area contributed by atoms with E-state index in [0.29, 0.717) is 24.7 Å². The average molecular weight is 279 g/mol. The van der Waals surface area contributed by atoms with E-state index in [1.54, 1.807) is 6.92 Å². The van der Waals surface area contributed by atoms with Crippen molar-refractivity contribution in [3.63, 3.8) is 0 Å². The first-order valence-corrected chi connectivity index (χ1v) is 6.92. The summed E-state index contributed by atoms with van der Waals surface area (Å²) in [6.07, 6.45) is 0.660. The lowest BCUT2D eigenvalue weighted by atomic mass is 10.0. The van der Waals surface area contributed by atoms with E-state index >= 15 is 0 Å². The van der Waals surface area contributed by atoms with Crippen molar-refractivity contribution < 1.29 is 4.42 Å². The molecule has 106 valence electrons. The van der Waals surface area contributed by atoms with Crippen molar-refractivity contribution in [3.05, 3.63) is 71.4 Å². The molecule has 0 saturated carbocycles. The molecule has 0 radical (unpaired) electrons. The van der Waals surface area contributed by atoms with Gasteiger partial charge in [0.15, 0.2) is 0 Å². The van der Waals surface area contributed by atoms with Crippen LogP contribution >= 0.6 is 0 Å². The highest BCUT2D eigenvalue weighted by Crippen LogP contribution is 2.21. The van der Waals surface area contributed by atoms with Gasteiger partial charge >= 0.3 is 0 Å². The third-order valence-corrected chi connectivity index (χ3v) is 3.40. The fourth-order valence-electron chi connectivity index (χ4n) is 2.23. The Morgan fingerprint density at radius 3 is 1.90 bits per heavy atom. The summed E-state index contributed by atoms with van der Waals surface area (Å²) in [5, 5.41) is 7.85. The maximum atomic E-state index is 5.61. The smallest absolute Gasteiger partial charge is 0.220 e. The van der Waals surface area contributed by atoms with Crippen molar-refractivity contribution in [2.45, 2.75) is 19.9 Å². The van der Waals surface area contributed by atoms with Gasteiger partial charge in [-0.3, -0.25) is 0 Å². The van der Waals surface area contributed by atoms with Crippen LogP contribution in [0, 0.1) is 6.92 Å². The molecule has 0 atom stereocenters. The summed E-state index contributed by atoms with van der Waals surface area (Å²) < 4.78 is 5.39. The summed E-state index contributed by atoms with van der Waals surface area (Å²) >= 11 is 0. The molecule has 3 rings (SSSR count). The maximum Gasteiger partial charge on any atom is 0.220 e. The van der Waals surface area contributed by atoms with Crippen LogP contribution in [0.5, 0.6) is 0 Å². The molecular weight excluding hydrogens is 262 g/mol. The van der Waals surface area contributed by atoms with Gasteiger partial charge in [-0.05, 0) is 22.3 Å². The van der Waals surface area contributed by atoms with Crippen LogP contribution in [0.2, 0.25) is 0 Å². The number of aromatic nitrogens is 2. The average Bonchev–Trinajstić information content (AvgIpc) is 2.93. The molecule has 0 amide bonds. The quantitative estimate of drug-likeness (QED) is 0.797. The number of aryl methyl sites for hydroxylation is 1. The highest BCUT2D eigenvalue weighted by atomic mass is 16.4. The van der Waals surface area contributed by atoms with Crippen LogP contribution in [-0.2, 0) is 13.0 Å². The molecule has 0 saturated heterocycles. The number of benzene rings is 2. The Balaban J connectivity index is 1.76. The first kappa shape index (κ1) is 13.5. The topological polar surface area (TPSA) is 64.9 Å². The zero-order valence-electron chi connectivity index (χ0n) is 11.9. The molecule has 0 aliphatic heterocycles. The summed E-state index contributed by atoms with van der Waals surface area (Å²) in [6.45, 7) is 2.37. The molecule has 3 aromatic rings. The van der Waals surface area contributed by atoms with Crippen LogP contribution in [-0.4, -0.2) is 10.2 Å². The minimum atomic E-state index is 0.572. The molecule has 0 aliphatic rings. The number of nitrogens with two attached hydrogens (primary N) is 1. The molecular formula is C17H17N3O. The lowest BCUT2D eigenvalue weighted by Crippen LogP contribution is -1.95. The Labute approximate surface area is 123 Å². The highest BCUT2D eigenvalue weighted by molar-refractivity contribution is 5.64. The van der Waals surface area contributed by atoms with Gasteiger partial charge in [0.05, 0.1) is 6.42 Å². The third kappa shape index (κ3) is 3.17. The Morgan fingerprint density at radius 1 is 0.857 bits per heavy atom. The predicted molar refractivity (Wildman–Crippen MR) is 81.6 cm³/mol. The van der Waals surface area contributed by atoms with E-state index in [-0.39, 0.29) is 0 Å². The Hall–Kier alpha value is -2.46. The molecule has 1 aromatic heterocycles. The molecule has 1 heterocycles. The van der Waals surface area contributed by atoms with E-state index < -0.39 is 0 Å². The second-order valence-electron chi connectivity index (χ2n) is 4.99. The van der Waals surface area contributed by atoms with Gasteiger partial charge < -0.3 is 10.2 Å². The van der Waals surface area contributed by atoms with E-state index in [1.165, 1.54) is 11.1 Å². The number of hydrogen-bond acceptors (Lipinski definition) is 4. The normalized spacial score (nSPS) is 10.8. The SMILES string of the molecule is Cc1nnc(Cc2ccc(-c3ccc(CN)cc3)cc2)o1. The number of rotatable bonds is 4. The maximum absolute atomic E-state index is 5.61. The highest BCUT2D eigenvalue weighted by Gasteiger charge is 2.04. The van der Waals surface area contributed by atoms with Crippen LogP contribution in [0.25, 0.3) is 11.1 Å². The van der Waals surface area contributed by atoms with Gasteiger partial charge in [-0.25, -0.2) is 0 Å². The summed E-state index contributed by atoms with van der Waals surface area (Å²) in [5.41, 5.74) is 10.3. The van der Waals surface area contributed by atoms with E-state index in [9.17, 15) is 0 Å². The summed E-state index contributed by atoms with van der Waals surface area (Å²) in [4.78, 5) is 0. The van der Waals surface area contributed by atoms with Crippen LogP contribution < -0.4 is 5.73 Å². The first-order chi connectivity index (χ1) is 10.2. The molecule has 0 bridgehead atoms. The zero-order valence-corrected chi connectivity index (χ0v) is 11.9. The van der Waals surface area contributed by atoms with E-state index in [2.05, 4.69) is 58.7 Å². The third-order valence-electron chi connectivity index (χ3n) is 3.40. The largest absolute Gasteiger partial charge is 0.425 e. The standard InChI is InChI=1S/C17H17N3O/c1-12-19-20-17(21-12)10-13-2-6-15(7-3-13)16-8-4-14(11-18)5-9-16/h2-9H,10-11,18H2,1H3. The Bertz CT molecular complexity index is 715. The van der Waals surface area contributed by atoms with Crippen LogP contribution in [0.4, 0.5) is 0 Å². The van der Waals surface area contributed by atoms with Crippen molar-refractivity contribution in [1.82, 2.24) is 10.2 Å². The van der Waals surface area contributed by atoms with E-state index in [0.717, 1.165) is 11.1 Å². The number of nitrogens with zero attached hydrogens (tertiary/aromatic N) is 2. The second-order valence-corrected chi connectivity index (χ2v) is 4.99. The van der Waals surface area contributed by atoms with Crippen molar-refractivity contribution in [2.75, 3.05) is 0 Å². The van der Waals surface area contributed by atoms with Crippen molar-refractivity contribution >= 4 is 0 Å². The number of hydrogen-bond donors (Lipinski definition) is 1. The fraction of sp³-hybridized carbons (Fsp3) is 0.176. The molecule has 0 unspecified atom stereocenters. The summed E-state index contributed by atoms with van der Waals surface area (Å²) in [7, 11) is 0. The molecule has 21 heavy (non-hydrogen) atoms. The van der Waals surface area contributed by atoms with Crippen molar-refractivity contribution in [2.24, 2.45) is 5.73 Å². The summed E-state index contributed by atoms with van der Waals surface area (Å²) in [6, 6.07) is 16.7. The molecule has 2 aromatic carbocycles. The second kappa shape index (κ2) is 5.89. The minimum absolute atomic E-state index is 0.572. The lowest BCUT2D eigenvalue weighted by Gasteiger charge is -2.04. The fourth-order valence-corrected chi connectivity index (χ4v) is 2.23. The molecule has 0 fully saturated rings. The van der Waals surface area contributed by atoms with Gasteiger partial charge in [-0.2, -0.15) is 0 Å². The van der Waals surface area contributed by atoms with Crippen molar-refractivity contribution in [3.8, 4) is 11.1 Å². The van der Waals surface area contributed by atoms with Crippen molar-refractivity contribution in [1.29, 1.82) is 0 Å². The van der Waals surface area contributed by atoms with Gasteiger partial charge in [-0.15, -0.1) is 10.2 Å². The Kier molecular flexibility index (Phi) is 3.79. The zero-order chi connectivity index (χ0) is 14.7. The van der Waals surface area contributed by atoms with Gasteiger partial charge in [0.2, 0.25) is 11.8 Å². The predicted octanol–water partition coefficient (Wildman–Crippen LogP) is 3.09.